The van der Waals surface area contributed by atoms with E-state index >= 15 is 0 Å². The molecule has 5 nitrogen and oxygen atoms in total. The fourth-order valence-corrected chi connectivity index (χ4v) is 1.60. The Morgan fingerprint density at radius 3 is 2.53 bits per heavy atom. The third-order valence-electron chi connectivity index (χ3n) is 2.49. The first-order chi connectivity index (χ1) is 9.33. The lowest BCUT2D eigenvalue weighted by Crippen LogP contribution is -2.12. The van der Waals surface area contributed by atoms with Crippen molar-refractivity contribution in [2.24, 2.45) is 5.73 Å². The van der Waals surface area contributed by atoms with Crippen LogP contribution >= 0.6 is 0 Å². The van der Waals surface area contributed by atoms with Crippen LogP contribution in [0.25, 0.3) is 0 Å². The zero-order valence-corrected chi connectivity index (χ0v) is 11.7. The van der Waals surface area contributed by atoms with Gasteiger partial charge in [-0.15, -0.1) is 0 Å². The predicted octanol–water partition coefficient (Wildman–Crippen LogP) is 1.59. The number of para-hydroxylation sites is 1. The molecule has 0 atom stereocenters. The van der Waals surface area contributed by atoms with Crippen molar-refractivity contribution in [3.8, 4) is 11.5 Å². The average molecular weight is 269 g/mol. The second-order valence-electron chi connectivity index (χ2n) is 3.84. The Morgan fingerprint density at radius 1 is 1.05 bits per heavy atom. The molecule has 0 aliphatic rings. The molecule has 0 bridgehead atoms. The van der Waals surface area contributed by atoms with E-state index in [1.807, 2.05) is 25.1 Å². The predicted molar refractivity (Wildman–Crippen MR) is 73.7 cm³/mol. The molecule has 0 aromatic heterocycles. The summed E-state index contributed by atoms with van der Waals surface area (Å²) in [6, 6.07) is 5.72. The van der Waals surface area contributed by atoms with E-state index in [0.29, 0.717) is 45.3 Å². The number of rotatable bonds is 10. The van der Waals surface area contributed by atoms with Crippen LogP contribution in [-0.2, 0) is 16.0 Å². The Kier molecular flexibility index (Phi) is 7.97. The normalized spacial score (nSPS) is 10.5. The lowest BCUT2D eigenvalue weighted by atomic mass is 10.2. The first-order valence-electron chi connectivity index (χ1n) is 6.47. The molecule has 0 aliphatic carbocycles. The lowest BCUT2D eigenvalue weighted by molar-refractivity contribution is 0.0537. The fraction of sp³-hybridized carbons (Fsp3) is 0.571. The van der Waals surface area contributed by atoms with Crippen LogP contribution in [0.4, 0.5) is 0 Å². The highest BCUT2D eigenvalue weighted by Crippen LogP contribution is 2.31. The minimum atomic E-state index is 0.417. The van der Waals surface area contributed by atoms with Crippen molar-refractivity contribution in [2.75, 3.05) is 40.1 Å². The quantitative estimate of drug-likeness (QED) is 0.653. The Hall–Kier alpha value is -1.30. The monoisotopic (exact) mass is 269 g/mol. The summed E-state index contributed by atoms with van der Waals surface area (Å²) in [5.41, 5.74) is 6.64. The van der Waals surface area contributed by atoms with Gasteiger partial charge < -0.3 is 24.7 Å². The summed E-state index contributed by atoms with van der Waals surface area (Å²) in [4.78, 5) is 0. The van der Waals surface area contributed by atoms with Crippen LogP contribution in [0.5, 0.6) is 11.5 Å². The SMILES string of the molecule is CCOc1cccc(CN)c1OCCOCCOC. The van der Waals surface area contributed by atoms with E-state index in [-0.39, 0.29) is 0 Å². The topological polar surface area (TPSA) is 62.9 Å². The average Bonchev–Trinajstić information content (AvgIpc) is 2.44. The van der Waals surface area contributed by atoms with Gasteiger partial charge in [-0.05, 0) is 13.0 Å². The number of hydrogen-bond donors (Lipinski definition) is 1. The Morgan fingerprint density at radius 2 is 1.84 bits per heavy atom. The van der Waals surface area contributed by atoms with Crippen LogP contribution in [0.2, 0.25) is 0 Å². The zero-order valence-electron chi connectivity index (χ0n) is 11.7. The van der Waals surface area contributed by atoms with E-state index in [2.05, 4.69) is 0 Å². The zero-order chi connectivity index (χ0) is 13.9. The third-order valence-corrected chi connectivity index (χ3v) is 2.49. The third kappa shape index (κ3) is 5.46. The Balaban J connectivity index is 2.50. The van der Waals surface area contributed by atoms with Crippen LogP contribution in [0, 0.1) is 0 Å². The Bertz CT molecular complexity index is 357. The summed E-state index contributed by atoms with van der Waals surface area (Å²) in [7, 11) is 1.64. The summed E-state index contributed by atoms with van der Waals surface area (Å²) in [5.74, 6) is 1.43. The molecule has 0 saturated heterocycles. The standard InChI is InChI=1S/C14H23NO4/c1-3-18-13-6-4-5-12(11-15)14(13)19-10-9-17-8-7-16-2/h4-6H,3,7-11,15H2,1-2H3. The van der Waals surface area contributed by atoms with Gasteiger partial charge in [0.15, 0.2) is 11.5 Å². The van der Waals surface area contributed by atoms with Gasteiger partial charge in [-0.25, -0.2) is 0 Å². The molecule has 5 heteroatoms. The van der Waals surface area contributed by atoms with Gasteiger partial charge in [0.2, 0.25) is 0 Å². The maximum atomic E-state index is 5.72. The van der Waals surface area contributed by atoms with Crippen molar-refractivity contribution in [2.45, 2.75) is 13.5 Å². The molecule has 0 radical (unpaired) electrons. The molecule has 1 aromatic carbocycles. The van der Waals surface area contributed by atoms with Crippen molar-refractivity contribution in [1.29, 1.82) is 0 Å². The molecular weight excluding hydrogens is 246 g/mol. The molecule has 0 unspecified atom stereocenters. The molecule has 0 amide bonds. The van der Waals surface area contributed by atoms with Crippen LogP contribution in [-0.4, -0.2) is 40.1 Å². The van der Waals surface area contributed by atoms with Crippen molar-refractivity contribution in [3.05, 3.63) is 23.8 Å². The van der Waals surface area contributed by atoms with Crippen molar-refractivity contribution in [3.63, 3.8) is 0 Å². The molecule has 0 aliphatic heterocycles. The molecular formula is C14H23NO4. The summed E-state index contributed by atoms with van der Waals surface area (Å²) in [6.07, 6.45) is 0. The summed E-state index contributed by atoms with van der Waals surface area (Å²) >= 11 is 0. The number of ether oxygens (including phenoxy) is 4. The highest BCUT2D eigenvalue weighted by Gasteiger charge is 2.09. The highest BCUT2D eigenvalue weighted by molar-refractivity contribution is 5.46. The fourth-order valence-electron chi connectivity index (χ4n) is 1.60. The molecule has 0 spiro atoms. The van der Waals surface area contributed by atoms with Crippen LogP contribution in [0.15, 0.2) is 18.2 Å². The highest BCUT2D eigenvalue weighted by atomic mass is 16.5. The second-order valence-corrected chi connectivity index (χ2v) is 3.84. The summed E-state index contributed by atoms with van der Waals surface area (Å²) in [5, 5.41) is 0. The van der Waals surface area contributed by atoms with Crippen LogP contribution < -0.4 is 15.2 Å². The minimum Gasteiger partial charge on any atom is -0.490 e. The molecule has 0 heterocycles. The maximum absolute atomic E-state index is 5.72. The van der Waals surface area contributed by atoms with Crippen LogP contribution in [0.3, 0.4) is 0 Å². The van der Waals surface area contributed by atoms with E-state index in [9.17, 15) is 0 Å². The van der Waals surface area contributed by atoms with Gasteiger partial charge >= 0.3 is 0 Å². The van der Waals surface area contributed by atoms with Gasteiger partial charge in [-0.1, -0.05) is 12.1 Å². The number of nitrogens with two attached hydrogens (primary N) is 1. The van der Waals surface area contributed by atoms with Gasteiger partial charge in [0.1, 0.15) is 6.61 Å². The van der Waals surface area contributed by atoms with Crippen molar-refractivity contribution >= 4 is 0 Å². The van der Waals surface area contributed by atoms with Crippen molar-refractivity contribution in [1.82, 2.24) is 0 Å². The first kappa shape index (κ1) is 15.8. The Labute approximate surface area is 114 Å². The van der Waals surface area contributed by atoms with E-state index in [1.165, 1.54) is 0 Å². The molecule has 2 N–H and O–H groups in total. The second kappa shape index (κ2) is 9.61. The van der Waals surface area contributed by atoms with Gasteiger partial charge in [0.05, 0.1) is 26.4 Å². The summed E-state index contributed by atoms with van der Waals surface area (Å²) < 4.78 is 21.5. The smallest absolute Gasteiger partial charge is 0.165 e. The van der Waals surface area contributed by atoms with Gasteiger partial charge in [-0.3, -0.25) is 0 Å². The maximum Gasteiger partial charge on any atom is 0.165 e. The number of benzene rings is 1. The van der Waals surface area contributed by atoms with Gasteiger partial charge in [0, 0.05) is 19.2 Å². The van der Waals surface area contributed by atoms with E-state index in [4.69, 9.17) is 24.7 Å². The molecule has 19 heavy (non-hydrogen) atoms. The van der Waals surface area contributed by atoms with Crippen LogP contribution in [0.1, 0.15) is 12.5 Å². The van der Waals surface area contributed by atoms with E-state index in [1.54, 1.807) is 7.11 Å². The largest absolute Gasteiger partial charge is 0.490 e. The molecule has 0 saturated carbocycles. The molecule has 1 aromatic rings. The minimum absolute atomic E-state index is 0.417. The molecule has 1 rings (SSSR count). The van der Waals surface area contributed by atoms with Crippen molar-refractivity contribution < 1.29 is 18.9 Å². The van der Waals surface area contributed by atoms with E-state index < -0.39 is 0 Å². The number of hydrogen-bond acceptors (Lipinski definition) is 5. The summed E-state index contributed by atoms with van der Waals surface area (Å²) in [6.45, 7) is 5.07. The molecule has 0 fully saturated rings. The molecule has 108 valence electrons. The lowest BCUT2D eigenvalue weighted by Gasteiger charge is -2.15. The first-order valence-corrected chi connectivity index (χ1v) is 6.47. The number of methoxy groups -OCH3 is 1. The van der Waals surface area contributed by atoms with E-state index in [0.717, 1.165) is 11.3 Å². The van der Waals surface area contributed by atoms with Gasteiger partial charge in [-0.2, -0.15) is 0 Å². The van der Waals surface area contributed by atoms with Gasteiger partial charge in [0.25, 0.3) is 0 Å².